The highest BCUT2D eigenvalue weighted by Crippen LogP contribution is 2.09. The van der Waals surface area contributed by atoms with Crippen LogP contribution in [-0.2, 0) is 13.1 Å². The van der Waals surface area contributed by atoms with Crippen LogP contribution in [-0.4, -0.2) is 22.0 Å². The Balaban J connectivity index is 2.04. The van der Waals surface area contributed by atoms with E-state index < -0.39 is 0 Å². The third-order valence-corrected chi connectivity index (χ3v) is 2.08. The second-order valence-electron chi connectivity index (χ2n) is 3.17. The van der Waals surface area contributed by atoms with Gasteiger partial charge in [-0.2, -0.15) is 5.10 Å². The van der Waals surface area contributed by atoms with Crippen molar-refractivity contribution in [2.75, 3.05) is 7.05 Å². The van der Waals surface area contributed by atoms with Gasteiger partial charge in [0.25, 0.3) is 0 Å². The minimum Gasteiger partial charge on any atom is -0.359 e. The van der Waals surface area contributed by atoms with E-state index in [0.717, 1.165) is 11.5 Å². The Hall–Kier alpha value is -1.33. The molecule has 0 unspecified atom stereocenters. The molecule has 0 aromatic carbocycles. The topological polar surface area (TPSA) is 55.9 Å². The van der Waals surface area contributed by atoms with Crippen molar-refractivity contribution in [3.63, 3.8) is 0 Å². The summed E-state index contributed by atoms with van der Waals surface area (Å²) in [4.78, 5) is 0. The van der Waals surface area contributed by atoms with Crippen LogP contribution in [0, 0.1) is 0 Å². The first-order valence-corrected chi connectivity index (χ1v) is 4.93. The third-order valence-electron chi connectivity index (χ3n) is 1.89. The molecule has 0 spiro atoms. The molecule has 0 saturated heterocycles. The summed E-state index contributed by atoms with van der Waals surface area (Å²) in [6.07, 6.45) is 3.33. The molecule has 0 fully saturated rings. The van der Waals surface area contributed by atoms with Gasteiger partial charge in [0.1, 0.15) is 6.54 Å². The lowest BCUT2D eigenvalue weighted by Gasteiger charge is -1.94. The third kappa shape index (κ3) is 2.57. The number of hydrogen-bond acceptors (Lipinski definition) is 4. The average molecular weight is 227 g/mol. The number of aromatic nitrogens is 3. The molecule has 0 aliphatic rings. The summed E-state index contributed by atoms with van der Waals surface area (Å²) in [6.45, 7) is 1.24. The molecule has 1 N–H and O–H groups in total. The molecule has 15 heavy (non-hydrogen) atoms. The first-order chi connectivity index (χ1) is 7.28. The molecule has 2 aromatic heterocycles. The van der Waals surface area contributed by atoms with Gasteiger partial charge in [0.05, 0.1) is 16.9 Å². The lowest BCUT2D eigenvalue weighted by Crippen LogP contribution is -2.04. The Kier molecular flexibility index (Phi) is 3.03. The molecule has 2 aromatic rings. The summed E-state index contributed by atoms with van der Waals surface area (Å²) in [7, 11) is 1.86. The molecule has 80 valence electrons. The molecule has 0 radical (unpaired) electrons. The van der Waals surface area contributed by atoms with Crippen molar-refractivity contribution in [3.05, 3.63) is 34.9 Å². The zero-order valence-corrected chi connectivity index (χ0v) is 9.03. The molecule has 6 heteroatoms. The highest BCUT2D eigenvalue weighted by Gasteiger charge is 2.04. The van der Waals surface area contributed by atoms with Crippen LogP contribution in [0.1, 0.15) is 11.5 Å². The van der Waals surface area contributed by atoms with E-state index in [9.17, 15) is 0 Å². The van der Waals surface area contributed by atoms with Crippen LogP contribution in [0.2, 0.25) is 5.02 Å². The van der Waals surface area contributed by atoms with E-state index >= 15 is 0 Å². The van der Waals surface area contributed by atoms with Gasteiger partial charge in [-0.3, -0.25) is 4.68 Å². The van der Waals surface area contributed by atoms with Gasteiger partial charge in [-0.15, -0.1) is 0 Å². The summed E-state index contributed by atoms with van der Waals surface area (Å²) >= 11 is 5.74. The second kappa shape index (κ2) is 4.46. The van der Waals surface area contributed by atoms with Crippen molar-refractivity contribution in [1.82, 2.24) is 20.3 Å². The van der Waals surface area contributed by atoms with Crippen molar-refractivity contribution < 1.29 is 4.52 Å². The van der Waals surface area contributed by atoms with Crippen LogP contribution in [0.3, 0.4) is 0 Å². The number of rotatable bonds is 4. The lowest BCUT2D eigenvalue weighted by molar-refractivity contribution is 0.365. The van der Waals surface area contributed by atoms with Crippen LogP contribution in [0.4, 0.5) is 0 Å². The number of hydrogen-bond donors (Lipinski definition) is 1. The van der Waals surface area contributed by atoms with Crippen LogP contribution < -0.4 is 5.32 Å². The van der Waals surface area contributed by atoms with E-state index in [4.69, 9.17) is 16.1 Å². The maximum atomic E-state index is 5.74. The Morgan fingerprint density at radius 1 is 1.60 bits per heavy atom. The molecule has 5 nitrogen and oxygen atoms in total. The summed E-state index contributed by atoms with van der Waals surface area (Å²) in [6, 6.07) is 1.89. The van der Waals surface area contributed by atoms with E-state index in [1.54, 1.807) is 17.1 Å². The number of nitrogens with zero attached hydrogens (tertiary/aromatic N) is 3. The highest BCUT2D eigenvalue weighted by molar-refractivity contribution is 6.30. The standard InChI is InChI=1S/C9H11ClN4O/c1-11-4-8-2-9(15-13-8)6-14-5-7(10)3-12-14/h2-3,5,11H,4,6H2,1H3. The predicted molar refractivity (Wildman–Crippen MR) is 55.6 cm³/mol. The minimum absolute atomic E-state index is 0.545. The fourth-order valence-electron chi connectivity index (χ4n) is 1.28. The van der Waals surface area contributed by atoms with Crippen LogP contribution in [0.25, 0.3) is 0 Å². The van der Waals surface area contributed by atoms with E-state index in [2.05, 4.69) is 15.6 Å². The quantitative estimate of drug-likeness (QED) is 0.854. The van der Waals surface area contributed by atoms with E-state index in [1.165, 1.54) is 0 Å². The van der Waals surface area contributed by atoms with Crippen molar-refractivity contribution in [3.8, 4) is 0 Å². The van der Waals surface area contributed by atoms with Gasteiger partial charge < -0.3 is 9.84 Å². The van der Waals surface area contributed by atoms with Gasteiger partial charge in [-0.1, -0.05) is 16.8 Å². The highest BCUT2D eigenvalue weighted by atomic mass is 35.5. The zero-order valence-electron chi connectivity index (χ0n) is 8.27. The van der Waals surface area contributed by atoms with Gasteiger partial charge >= 0.3 is 0 Å². The lowest BCUT2D eigenvalue weighted by atomic mass is 10.3. The first kappa shape index (κ1) is 10.2. The second-order valence-corrected chi connectivity index (χ2v) is 3.61. The van der Waals surface area contributed by atoms with Crippen molar-refractivity contribution in [2.45, 2.75) is 13.1 Å². The van der Waals surface area contributed by atoms with Gasteiger partial charge in [-0.05, 0) is 7.05 Å². The number of halogens is 1. The average Bonchev–Trinajstić information content (AvgIpc) is 2.78. The van der Waals surface area contributed by atoms with E-state index in [0.29, 0.717) is 18.1 Å². The monoisotopic (exact) mass is 226 g/mol. The van der Waals surface area contributed by atoms with Gasteiger partial charge in [0.2, 0.25) is 0 Å². The molecule has 0 aliphatic heterocycles. The Morgan fingerprint density at radius 3 is 3.13 bits per heavy atom. The Labute approximate surface area is 92.0 Å². The van der Waals surface area contributed by atoms with Crippen LogP contribution >= 0.6 is 11.6 Å². The molecule has 0 atom stereocenters. The molecule has 0 bridgehead atoms. The maximum Gasteiger partial charge on any atom is 0.158 e. The summed E-state index contributed by atoms with van der Waals surface area (Å²) in [5.41, 5.74) is 0.880. The van der Waals surface area contributed by atoms with Crippen molar-refractivity contribution in [1.29, 1.82) is 0 Å². The van der Waals surface area contributed by atoms with Crippen LogP contribution in [0.5, 0.6) is 0 Å². The number of nitrogens with one attached hydrogen (secondary N) is 1. The van der Waals surface area contributed by atoms with Gasteiger partial charge in [0.15, 0.2) is 5.76 Å². The summed E-state index contributed by atoms with van der Waals surface area (Å²) < 4.78 is 6.84. The predicted octanol–water partition coefficient (Wildman–Crippen LogP) is 1.29. The zero-order chi connectivity index (χ0) is 10.7. The van der Waals surface area contributed by atoms with E-state index in [-0.39, 0.29) is 0 Å². The van der Waals surface area contributed by atoms with E-state index in [1.807, 2.05) is 13.1 Å². The fourth-order valence-corrected chi connectivity index (χ4v) is 1.44. The van der Waals surface area contributed by atoms with Crippen molar-refractivity contribution in [2.24, 2.45) is 0 Å². The van der Waals surface area contributed by atoms with Crippen molar-refractivity contribution >= 4 is 11.6 Å². The Bertz CT molecular complexity index is 437. The minimum atomic E-state index is 0.545. The van der Waals surface area contributed by atoms with Gasteiger partial charge in [0, 0.05) is 18.8 Å². The molecule has 0 saturated carbocycles. The molecule has 2 heterocycles. The van der Waals surface area contributed by atoms with Gasteiger partial charge in [-0.25, -0.2) is 0 Å². The fraction of sp³-hybridized carbons (Fsp3) is 0.333. The normalized spacial score (nSPS) is 10.8. The maximum absolute atomic E-state index is 5.74. The summed E-state index contributed by atoms with van der Waals surface area (Å²) in [5.74, 6) is 0.764. The SMILES string of the molecule is CNCc1cc(Cn2cc(Cl)cn2)on1. The summed E-state index contributed by atoms with van der Waals surface area (Å²) in [5, 5.41) is 11.6. The molecule has 0 aliphatic carbocycles. The molecular weight excluding hydrogens is 216 g/mol. The first-order valence-electron chi connectivity index (χ1n) is 4.55. The smallest absolute Gasteiger partial charge is 0.158 e. The van der Waals surface area contributed by atoms with Crippen LogP contribution in [0.15, 0.2) is 23.0 Å². The molecule has 2 rings (SSSR count). The molecular formula is C9H11ClN4O. The largest absolute Gasteiger partial charge is 0.359 e. The molecule has 0 amide bonds. The Morgan fingerprint density at radius 2 is 2.47 bits per heavy atom.